The number of rotatable bonds is 2. The van der Waals surface area contributed by atoms with Crippen LogP contribution in [-0.2, 0) is 18.4 Å². The van der Waals surface area contributed by atoms with Crippen molar-refractivity contribution in [2.45, 2.75) is 51.6 Å². The van der Waals surface area contributed by atoms with Gasteiger partial charge in [0.05, 0.1) is 5.60 Å². The van der Waals surface area contributed by atoms with Crippen LogP contribution in [0, 0.1) is 13.8 Å². The first-order valence-electron chi connectivity index (χ1n) is 7.95. The van der Waals surface area contributed by atoms with Crippen molar-refractivity contribution in [2.75, 3.05) is 0 Å². The van der Waals surface area contributed by atoms with Crippen LogP contribution in [0.3, 0.4) is 0 Å². The molecule has 0 fully saturated rings. The highest BCUT2D eigenvalue weighted by molar-refractivity contribution is 5.37. The lowest BCUT2D eigenvalue weighted by Gasteiger charge is -2.29. The number of fused-ring (bicyclic) bond motifs is 1. The molecule has 0 spiro atoms. The van der Waals surface area contributed by atoms with Crippen molar-refractivity contribution in [1.29, 1.82) is 0 Å². The van der Waals surface area contributed by atoms with Gasteiger partial charge in [0.25, 0.3) is 0 Å². The van der Waals surface area contributed by atoms with Gasteiger partial charge in [0.2, 0.25) is 0 Å². The van der Waals surface area contributed by atoms with Crippen LogP contribution >= 0.6 is 0 Å². The molecule has 1 N–H and O–H groups in total. The van der Waals surface area contributed by atoms with Gasteiger partial charge in [0, 0.05) is 6.42 Å². The second-order valence-corrected chi connectivity index (χ2v) is 6.49. The van der Waals surface area contributed by atoms with E-state index in [2.05, 4.69) is 56.3 Å². The molecule has 1 nitrogen and oxygen atoms in total. The summed E-state index contributed by atoms with van der Waals surface area (Å²) in [5.41, 5.74) is 5.60. The third-order valence-corrected chi connectivity index (χ3v) is 4.87. The second kappa shape index (κ2) is 5.65. The zero-order valence-corrected chi connectivity index (χ0v) is 13.0. The maximum absolute atomic E-state index is 11.3. The van der Waals surface area contributed by atoms with E-state index < -0.39 is 5.60 Å². The van der Waals surface area contributed by atoms with Crippen LogP contribution in [0.4, 0.5) is 0 Å². The van der Waals surface area contributed by atoms with Gasteiger partial charge in [-0.15, -0.1) is 0 Å². The van der Waals surface area contributed by atoms with Crippen molar-refractivity contribution in [3.05, 3.63) is 70.3 Å². The van der Waals surface area contributed by atoms with E-state index in [1.165, 1.54) is 28.7 Å². The summed E-state index contributed by atoms with van der Waals surface area (Å²) in [7, 11) is 0. The molecule has 0 aliphatic heterocycles. The van der Waals surface area contributed by atoms with Crippen LogP contribution in [0.2, 0.25) is 0 Å². The Morgan fingerprint density at radius 2 is 1.81 bits per heavy atom. The van der Waals surface area contributed by atoms with Crippen LogP contribution < -0.4 is 0 Å². The number of aryl methyl sites for hydroxylation is 3. The third kappa shape index (κ3) is 2.89. The average molecular weight is 280 g/mol. The first-order chi connectivity index (χ1) is 10.1. The van der Waals surface area contributed by atoms with Crippen molar-refractivity contribution in [2.24, 2.45) is 0 Å². The maximum Gasteiger partial charge on any atom is 0.0939 e. The van der Waals surface area contributed by atoms with Crippen molar-refractivity contribution in [3.8, 4) is 0 Å². The second-order valence-electron chi connectivity index (χ2n) is 6.49. The largest absolute Gasteiger partial charge is 0.385 e. The molecule has 1 unspecified atom stereocenters. The Morgan fingerprint density at radius 3 is 2.62 bits per heavy atom. The van der Waals surface area contributed by atoms with Crippen molar-refractivity contribution >= 4 is 0 Å². The average Bonchev–Trinajstić information content (AvgIpc) is 2.63. The summed E-state index contributed by atoms with van der Waals surface area (Å²) in [4.78, 5) is 0. The summed E-state index contributed by atoms with van der Waals surface area (Å²) in [6.45, 7) is 4.28. The van der Waals surface area contributed by atoms with Gasteiger partial charge in [-0.3, -0.25) is 0 Å². The summed E-state index contributed by atoms with van der Waals surface area (Å²) in [6, 6.07) is 15.0. The van der Waals surface area contributed by atoms with Gasteiger partial charge in [-0.2, -0.15) is 0 Å². The number of hydrogen-bond acceptors (Lipinski definition) is 1. The molecular weight excluding hydrogens is 256 g/mol. The fraction of sp³-hybridized carbons (Fsp3) is 0.400. The van der Waals surface area contributed by atoms with Gasteiger partial charge in [-0.1, -0.05) is 42.5 Å². The highest BCUT2D eigenvalue weighted by Gasteiger charge is 2.32. The van der Waals surface area contributed by atoms with Crippen LogP contribution in [0.5, 0.6) is 0 Å². The summed E-state index contributed by atoms with van der Waals surface area (Å²) in [5.74, 6) is 0. The Kier molecular flexibility index (Phi) is 3.86. The molecule has 2 aromatic carbocycles. The van der Waals surface area contributed by atoms with Gasteiger partial charge in [-0.05, 0) is 67.3 Å². The molecule has 0 bridgehead atoms. The molecule has 2 aromatic rings. The first kappa shape index (κ1) is 14.3. The Labute approximate surface area is 127 Å². The molecule has 21 heavy (non-hydrogen) atoms. The normalized spacial score (nSPS) is 21.7. The molecule has 1 aliphatic carbocycles. The highest BCUT2D eigenvalue weighted by Crippen LogP contribution is 2.37. The highest BCUT2D eigenvalue weighted by atomic mass is 16.3. The number of hydrogen-bond donors (Lipinski definition) is 1. The zero-order valence-electron chi connectivity index (χ0n) is 13.0. The lowest BCUT2D eigenvalue weighted by atomic mass is 9.82. The fourth-order valence-corrected chi connectivity index (χ4v) is 3.49. The first-order valence-corrected chi connectivity index (χ1v) is 7.95. The molecule has 0 heterocycles. The molecule has 0 amide bonds. The van der Waals surface area contributed by atoms with E-state index in [0.29, 0.717) is 6.42 Å². The van der Waals surface area contributed by atoms with Crippen LogP contribution in [0.1, 0.15) is 47.1 Å². The Balaban J connectivity index is 1.97. The third-order valence-electron chi connectivity index (χ3n) is 4.87. The van der Waals surface area contributed by atoms with Crippen LogP contribution in [-0.4, -0.2) is 5.11 Å². The van der Waals surface area contributed by atoms with E-state index in [-0.39, 0.29) is 0 Å². The topological polar surface area (TPSA) is 20.2 Å². The van der Waals surface area contributed by atoms with E-state index in [4.69, 9.17) is 0 Å². The molecule has 1 aliphatic rings. The zero-order chi connectivity index (χ0) is 14.9. The molecule has 1 heteroatoms. The Bertz CT molecular complexity index is 644. The summed E-state index contributed by atoms with van der Waals surface area (Å²) < 4.78 is 0. The predicted molar refractivity (Wildman–Crippen MR) is 87.5 cm³/mol. The van der Waals surface area contributed by atoms with Crippen molar-refractivity contribution in [1.82, 2.24) is 0 Å². The van der Waals surface area contributed by atoms with E-state index in [9.17, 15) is 5.11 Å². The van der Waals surface area contributed by atoms with Crippen molar-refractivity contribution in [3.63, 3.8) is 0 Å². The molecule has 110 valence electrons. The minimum atomic E-state index is -0.714. The fourth-order valence-electron chi connectivity index (χ4n) is 3.49. The molecule has 0 radical (unpaired) electrons. The monoisotopic (exact) mass is 280 g/mol. The molecule has 0 saturated heterocycles. The Hall–Kier alpha value is -1.60. The van der Waals surface area contributed by atoms with Crippen molar-refractivity contribution < 1.29 is 5.11 Å². The quantitative estimate of drug-likeness (QED) is 0.805. The van der Waals surface area contributed by atoms with Gasteiger partial charge in [0.15, 0.2) is 0 Å². The maximum atomic E-state index is 11.3. The lowest BCUT2D eigenvalue weighted by Crippen LogP contribution is -2.29. The summed E-state index contributed by atoms with van der Waals surface area (Å²) in [6.07, 6.45) is 4.93. The van der Waals surface area contributed by atoms with Gasteiger partial charge in [0.1, 0.15) is 0 Å². The van der Waals surface area contributed by atoms with Gasteiger partial charge in [-0.25, -0.2) is 0 Å². The van der Waals surface area contributed by atoms with Gasteiger partial charge >= 0.3 is 0 Å². The molecule has 1 atom stereocenters. The summed E-state index contributed by atoms with van der Waals surface area (Å²) in [5, 5.41) is 11.3. The minimum Gasteiger partial charge on any atom is -0.385 e. The number of benzene rings is 2. The van der Waals surface area contributed by atoms with E-state index >= 15 is 0 Å². The summed E-state index contributed by atoms with van der Waals surface area (Å²) >= 11 is 0. The van der Waals surface area contributed by atoms with Crippen LogP contribution in [0.15, 0.2) is 42.5 Å². The Morgan fingerprint density at radius 1 is 1.00 bits per heavy atom. The molecule has 3 rings (SSSR count). The standard InChI is InChI=1S/C20H24O/c1-15-10-11-17(13-16(15)2)14-20(21)12-6-5-8-18-7-3-4-9-19(18)20/h3-4,7,9-11,13,21H,5-6,8,12,14H2,1-2H3. The minimum absolute atomic E-state index is 0.713. The predicted octanol–water partition coefficient (Wildman–Crippen LogP) is 4.46. The van der Waals surface area contributed by atoms with E-state index in [1.54, 1.807) is 0 Å². The SMILES string of the molecule is Cc1ccc(CC2(O)CCCCc3ccccc32)cc1C. The van der Waals surface area contributed by atoms with Gasteiger partial charge < -0.3 is 5.11 Å². The molecule has 0 saturated carbocycles. The van der Waals surface area contributed by atoms with E-state index in [1.807, 2.05) is 0 Å². The number of aliphatic hydroxyl groups is 1. The lowest BCUT2D eigenvalue weighted by molar-refractivity contribution is 0.0272. The van der Waals surface area contributed by atoms with Crippen LogP contribution in [0.25, 0.3) is 0 Å². The smallest absolute Gasteiger partial charge is 0.0939 e. The van der Waals surface area contributed by atoms with E-state index in [0.717, 1.165) is 24.8 Å². The molecule has 0 aromatic heterocycles. The molecular formula is C20H24O.